The number of allylic oxidation sites excluding steroid dienone is 1. The largest absolute Gasteiger partial charge is 0.477 e. The molecule has 20 heteroatoms. The quantitative estimate of drug-likeness (QED) is 0.0641. The second-order valence-electron chi connectivity index (χ2n) is 11.5. The molecule has 0 radical (unpaired) electrons. The highest BCUT2D eigenvalue weighted by Gasteiger charge is 2.60. The number of hydrogen-bond acceptors (Lipinski definition) is 18. The minimum Gasteiger partial charge on any atom is -0.477 e. The van der Waals surface area contributed by atoms with Crippen LogP contribution in [0.25, 0.3) is 0 Å². The van der Waals surface area contributed by atoms with Gasteiger partial charge in [-0.3, -0.25) is 0 Å². The molecule has 4 heterocycles. The van der Waals surface area contributed by atoms with Gasteiger partial charge in [0, 0.05) is 13.5 Å². The van der Waals surface area contributed by atoms with Crippen molar-refractivity contribution >= 4 is 12.1 Å². The van der Waals surface area contributed by atoms with E-state index in [-0.39, 0.29) is 6.61 Å². The summed E-state index contributed by atoms with van der Waals surface area (Å²) in [6.07, 6.45) is -22.9. The Labute approximate surface area is 267 Å². The molecule has 0 aromatic rings. The van der Waals surface area contributed by atoms with Gasteiger partial charge in [0.15, 0.2) is 18.9 Å². The molecule has 0 bridgehead atoms. The van der Waals surface area contributed by atoms with Crippen LogP contribution in [0.4, 0.5) is 4.79 Å². The first-order valence-electron chi connectivity index (χ1n) is 14.9. The molecule has 47 heavy (non-hydrogen) atoms. The number of alkyl carbamates (subject to hydrolysis) is 1. The van der Waals surface area contributed by atoms with Crippen LogP contribution < -0.4 is 5.32 Å². The number of aliphatic carboxylic acids is 1. The molecule has 4 rings (SSSR count). The number of carboxylic acid groups (broad SMARTS) is 1. The number of carbonyl (C=O) groups is 2. The molecule has 0 aliphatic carbocycles. The molecule has 1 amide bonds. The molecule has 16 atom stereocenters. The van der Waals surface area contributed by atoms with E-state index in [0.29, 0.717) is 12.8 Å². The average Bonchev–Trinajstić information content (AvgIpc) is 3.40. The molecule has 0 aromatic carbocycles. The second-order valence-corrected chi connectivity index (χ2v) is 11.5. The number of aliphatic hydroxyl groups excluding tert-OH is 8. The Hall–Kier alpha value is -2.12. The number of carbonyl (C=O) groups excluding carboxylic acids is 1. The zero-order chi connectivity index (χ0) is 34.6. The molecule has 4 fully saturated rings. The third kappa shape index (κ3) is 8.20. The summed E-state index contributed by atoms with van der Waals surface area (Å²) in [4.78, 5) is 24.0. The number of amides is 1. The molecule has 20 nitrogen and oxygen atoms in total. The summed E-state index contributed by atoms with van der Waals surface area (Å²) >= 11 is 0. The van der Waals surface area contributed by atoms with Crippen LogP contribution in [-0.2, 0) is 42.7 Å². The Morgan fingerprint density at radius 2 is 1.40 bits per heavy atom. The smallest absolute Gasteiger partial charge is 0.407 e. The number of aliphatic hydroxyl groups is 8. The summed E-state index contributed by atoms with van der Waals surface area (Å²) in [5, 5.41) is 95.1. The lowest BCUT2D eigenvalue weighted by atomic mass is 9.96. The van der Waals surface area contributed by atoms with Gasteiger partial charge >= 0.3 is 12.1 Å². The molecule has 0 spiro atoms. The lowest BCUT2D eigenvalue weighted by Gasteiger charge is -2.47. The van der Waals surface area contributed by atoms with Crippen molar-refractivity contribution in [2.75, 3.05) is 26.4 Å². The Morgan fingerprint density at radius 3 is 2.00 bits per heavy atom. The topological polar surface area (TPSA) is 302 Å². The lowest BCUT2D eigenvalue weighted by molar-refractivity contribution is -0.373. The fraction of sp³-hybridized carbons (Fsp3) is 0.852. The van der Waals surface area contributed by atoms with Gasteiger partial charge in [0.25, 0.3) is 5.79 Å². The first-order valence-corrected chi connectivity index (χ1v) is 14.9. The van der Waals surface area contributed by atoms with Crippen molar-refractivity contribution in [1.29, 1.82) is 0 Å². The van der Waals surface area contributed by atoms with E-state index in [1.54, 1.807) is 6.08 Å². The van der Waals surface area contributed by atoms with Gasteiger partial charge in [0.2, 0.25) is 0 Å². The standard InChI is InChI=1S/C27H43NO19/c1-3-4-5-6-40-26(39)28-7-10-19(18(36)21-24(41-10)47-27(2,46-21)25(37)38)44-23-17(35)15(33)20(12(9-30)43-23)45-22-16(34)14(32)13(31)11(8-29)42-22/h3,10-24,29-36H,1,4-9H2,2H3,(H,28,39)(H,37,38)/t10-,11?,12?,13+,14+,15-,16?,17?,18?,19-,20+,21?,22+,23+,24-,27?/m1/s1. The lowest BCUT2D eigenvalue weighted by Crippen LogP contribution is -2.66. The number of ether oxygens (including phenoxy) is 8. The minimum atomic E-state index is -2.22. The molecule has 0 aromatic heterocycles. The van der Waals surface area contributed by atoms with Crippen LogP contribution in [0.2, 0.25) is 0 Å². The molecule has 270 valence electrons. The van der Waals surface area contributed by atoms with E-state index < -0.39 is 130 Å². The zero-order valence-corrected chi connectivity index (χ0v) is 25.3. The monoisotopic (exact) mass is 685 g/mol. The third-order valence-corrected chi connectivity index (χ3v) is 8.19. The van der Waals surface area contributed by atoms with Gasteiger partial charge in [-0.25, -0.2) is 9.59 Å². The first-order chi connectivity index (χ1) is 22.3. The minimum absolute atomic E-state index is 0.0689. The Morgan fingerprint density at radius 1 is 0.809 bits per heavy atom. The van der Waals surface area contributed by atoms with Crippen LogP contribution in [0.15, 0.2) is 12.7 Å². The maximum atomic E-state index is 12.3. The van der Waals surface area contributed by atoms with Crippen molar-refractivity contribution in [2.24, 2.45) is 0 Å². The third-order valence-electron chi connectivity index (χ3n) is 8.19. The maximum Gasteiger partial charge on any atom is 0.407 e. The van der Waals surface area contributed by atoms with Crippen molar-refractivity contribution in [3.05, 3.63) is 12.7 Å². The fourth-order valence-corrected chi connectivity index (χ4v) is 5.51. The highest BCUT2D eigenvalue weighted by molar-refractivity contribution is 5.75. The van der Waals surface area contributed by atoms with E-state index >= 15 is 0 Å². The number of unbranched alkanes of at least 4 members (excludes halogenated alkanes) is 1. The van der Waals surface area contributed by atoms with E-state index in [9.17, 15) is 55.5 Å². The highest BCUT2D eigenvalue weighted by atomic mass is 16.8. The van der Waals surface area contributed by atoms with Crippen LogP contribution in [0.3, 0.4) is 0 Å². The Kier molecular flexibility index (Phi) is 12.9. The molecule has 10 N–H and O–H groups in total. The summed E-state index contributed by atoms with van der Waals surface area (Å²) in [6, 6.07) is 0. The van der Waals surface area contributed by atoms with E-state index in [2.05, 4.69) is 11.9 Å². The van der Waals surface area contributed by atoms with Gasteiger partial charge in [0.05, 0.1) is 19.8 Å². The van der Waals surface area contributed by atoms with Crippen molar-refractivity contribution in [3.63, 3.8) is 0 Å². The van der Waals surface area contributed by atoms with E-state index in [4.69, 9.17) is 37.9 Å². The fourth-order valence-electron chi connectivity index (χ4n) is 5.51. The summed E-state index contributed by atoms with van der Waals surface area (Å²) in [7, 11) is 0. The molecule has 4 aliphatic heterocycles. The molecule has 4 saturated heterocycles. The summed E-state index contributed by atoms with van der Waals surface area (Å²) in [5.74, 6) is -3.75. The van der Waals surface area contributed by atoms with Crippen LogP contribution >= 0.6 is 0 Å². The number of hydrogen-bond donors (Lipinski definition) is 10. The highest BCUT2D eigenvalue weighted by Crippen LogP contribution is 2.39. The number of carboxylic acids is 1. The predicted octanol–water partition coefficient (Wildman–Crippen LogP) is -5.01. The van der Waals surface area contributed by atoms with Crippen LogP contribution in [0.5, 0.6) is 0 Å². The van der Waals surface area contributed by atoms with Gasteiger partial charge in [-0.15, -0.1) is 6.58 Å². The summed E-state index contributed by atoms with van der Waals surface area (Å²) in [6.45, 7) is 2.70. The van der Waals surface area contributed by atoms with Crippen molar-refractivity contribution in [3.8, 4) is 0 Å². The predicted molar refractivity (Wildman–Crippen MR) is 147 cm³/mol. The van der Waals surface area contributed by atoms with Crippen molar-refractivity contribution in [2.45, 2.75) is 118 Å². The summed E-state index contributed by atoms with van der Waals surface area (Å²) < 4.78 is 44.0. The summed E-state index contributed by atoms with van der Waals surface area (Å²) in [5.41, 5.74) is 0. The zero-order valence-electron chi connectivity index (χ0n) is 25.3. The van der Waals surface area contributed by atoms with Crippen molar-refractivity contribution < 1.29 is 93.4 Å². The van der Waals surface area contributed by atoms with Crippen molar-refractivity contribution in [1.82, 2.24) is 5.32 Å². The maximum absolute atomic E-state index is 12.3. The van der Waals surface area contributed by atoms with Gasteiger partial charge < -0.3 is 89.2 Å². The average molecular weight is 686 g/mol. The number of fused-ring (bicyclic) bond motifs is 1. The number of rotatable bonds is 13. The molecule has 4 aliphatic rings. The second kappa shape index (κ2) is 16.1. The van der Waals surface area contributed by atoms with Gasteiger partial charge in [-0.1, -0.05) is 6.08 Å². The van der Waals surface area contributed by atoms with E-state index in [0.717, 1.165) is 6.92 Å². The Bertz CT molecular complexity index is 1070. The molecular formula is C27H43NO19. The molecule has 0 saturated carbocycles. The van der Waals surface area contributed by atoms with E-state index in [1.165, 1.54) is 0 Å². The number of nitrogens with one attached hydrogen (secondary N) is 1. The van der Waals surface area contributed by atoms with Gasteiger partial charge in [0.1, 0.15) is 73.2 Å². The van der Waals surface area contributed by atoms with Crippen LogP contribution in [-0.4, -0.2) is 182 Å². The Balaban J connectivity index is 1.48. The molecular weight excluding hydrogens is 642 g/mol. The first kappa shape index (κ1) is 37.7. The normalized spacial score (nSPS) is 45.2. The van der Waals surface area contributed by atoms with Gasteiger partial charge in [-0.05, 0) is 12.8 Å². The van der Waals surface area contributed by atoms with Crippen LogP contribution in [0.1, 0.15) is 19.8 Å². The van der Waals surface area contributed by atoms with E-state index in [1.807, 2.05) is 0 Å². The van der Waals surface area contributed by atoms with Crippen LogP contribution in [0, 0.1) is 0 Å². The molecule has 7 unspecified atom stereocenters. The SMILES string of the molecule is C=CCCCOC(=O)NC[C@H]1O[C@@H]2OC(C)(C(=O)O)OC2C(O)[C@@H]1O[C@@H]1OC(CO)[C@H](O[C@@H]2OC(CO)[C@H](O)[C@H](O)C2O)[C@H](O)C1O. The van der Waals surface area contributed by atoms with Gasteiger partial charge in [-0.2, -0.15) is 0 Å².